The third-order valence-corrected chi connectivity index (χ3v) is 5.62. The lowest BCUT2D eigenvalue weighted by Crippen LogP contribution is -2.53. The number of hydrogen-bond donors (Lipinski definition) is 1. The van der Waals surface area contributed by atoms with Gasteiger partial charge in [-0.25, -0.2) is 0 Å². The number of hydrogen-bond acceptors (Lipinski definition) is 2. The zero-order chi connectivity index (χ0) is 13.9. The Morgan fingerprint density at radius 2 is 1.58 bits per heavy atom. The van der Waals surface area contributed by atoms with Gasteiger partial charge in [-0.05, 0) is 43.9 Å². The van der Waals surface area contributed by atoms with Gasteiger partial charge >= 0.3 is 5.97 Å². The summed E-state index contributed by atoms with van der Waals surface area (Å²) in [6.07, 6.45) is 9.71. The number of carboxylic acids is 1. The van der Waals surface area contributed by atoms with Gasteiger partial charge in [0.25, 0.3) is 0 Å². The highest BCUT2D eigenvalue weighted by Crippen LogP contribution is 2.54. The molecule has 0 spiro atoms. The van der Waals surface area contributed by atoms with Crippen LogP contribution in [0.2, 0.25) is 0 Å². The molecule has 1 unspecified atom stereocenters. The molecule has 2 fully saturated rings. The summed E-state index contributed by atoms with van der Waals surface area (Å²) in [5.41, 5.74) is -0.628. The van der Waals surface area contributed by atoms with Crippen LogP contribution in [0.4, 0.5) is 0 Å². The third kappa shape index (κ3) is 2.42. The van der Waals surface area contributed by atoms with Crippen molar-refractivity contribution in [2.24, 2.45) is 17.3 Å². The van der Waals surface area contributed by atoms with Crippen LogP contribution in [0.1, 0.15) is 64.7 Å². The number of rotatable bonds is 6. The topological polar surface area (TPSA) is 46.5 Å². The van der Waals surface area contributed by atoms with Crippen LogP contribution in [0.25, 0.3) is 0 Å². The zero-order valence-corrected chi connectivity index (χ0v) is 12.4. The molecule has 3 heteroatoms. The van der Waals surface area contributed by atoms with E-state index in [9.17, 15) is 9.90 Å². The van der Waals surface area contributed by atoms with E-state index in [1.807, 2.05) is 0 Å². The maximum atomic E-state index is 12.3. The molecule has 0 aromatic heterocycles. The van der Waals surface area contributed by atoms with Crippen molar-refractivity contribution in [2.45, 2.75) is 70.8 Å². The van der Waals surface area contributed by atoms with Gasteiger partial charge in [0.2, 0.25) is 0 Å². The van der Waals surface area contributed by atoms with Gasteiger partial charge in [-0.2, -0.15) is 0 Å². The molecule has 2 rings (SSSR count). The summed E-state index contributed by atoms with van der Waals surface area (Å²) in [7, 11) is 1.69. The lowest BCUT2D eigenvalue weighted by Gasteiger charge is -2.45. The summed E-state index contributed by atoms with van der Waals surface area (Å²) >= 11 is 0. The highest BCUT2D eigenvalue weighted by molar-refractivity contribution is 5.76. The Kier molecular flexibility index (Phi) is 4.88. The van der Waals surface area contributed by atoms with E-state index in [0.29, 0.717) is 11.8 Å². The molecule has 1 N–H and O–H groups in total. The molecule has 2 aliphatic carbocycles. The van der Waals surface area contributed by atoms with Crippen molar-refractivity contribution in [2.75, 3.05) is 7.11 Å². The fourth-order valence-electron chi connectivity index (χ4n) is 4.85. The van der Waals surface area contributed by atoms with Crippen LogP contribution in [0, 0.1) is 17.3 Å². The van der Waals surface area contributed by atoms with Crippen molar-refractivity contribution in [3.05, 3.63) is 0 Å². The molecular weight excluding hydrogens is 240 g/mol. The van der Waals surface area contributed by atoms with Crippen LogP contribution >= 0.6 is 0 Å². The third-order valence-electron chi connectivity index (χ3n) is 5.62. The van der Waals surface area contributed by atoms with Crippen molar-refractivity contribution in [3.8, 4) is 0 Å². The number of ether oxygens (including phenoxy) is 1. The second-order valence-corrected chi connectivity index (χ2v) is 6.33. The van der Waals surface area contributed by atoms with E-state index in [0.717, 1.165) is 32.1 Å². The SMILES string of the molecule is CCC(OC)C(C(=O)O)(C1CCCC1)C1CCCC1. The van der Waals surface area contributed by atoms with E-state index in [2.05, 4.69) is 6.92 Å². The summed E-state index contributed by atoms with van der Waals surface area (Å²) < 4.78 is 5.67. The average molecular weight is 268 g/mol. The molecule has 110 valence electrons. The van der Waals surface area contributed by atoms with Crippen LogP contribution in [-0.4, -0.2) is 24.3 Å². The normalized spacial score (nSPS) is 23.9. The molecule has 0 aromatic carbocycles. The second-order valence-electron chi connectivity index (χ2n) is 6.33. The molecule has 1 atom stereocenters. The first-order valence-electron chi connectivity index (χ1n) is 7.94. The predicted octanol–water partition coefficient (Wildman–Crippen LogP) is 3.86. The molecule has 0 heterocycles. The standard InChI is InChI=1S/C16H28O3/c1-3-14(19-2)16(15(17)18,12-8-4-5-9-12)13-10-6-7-11-13/h12-14H,3-11H2,1-2H3,(H,17,18). The van der Waals surface area contributed by atoms with Crippen molar-refractivity contribution in [3.63, 3.8) is 0 Å². The van der Waals surface area contributed by atoms with E-state index < -0.39 is 11.4 Å². The Morgan fingerprint density at radius 3 is 1.84 bits per heavy atom. The summed E-state index contributed by atoms with van der Waals surface area (Å²) in [5, 5.41) is 10.1. The van der Waals surface area contributed by atoms with Gasteiger partial charge in [-0.3, -0.25) is 4.79 Å². The minimum absolute atomic E-state index is 0.129. The maximum Gasteiger partial charge on any atom is 0.312 e. The fourth-order valence-corrected chi connectivity index (χ4v) is 4.85. The fraction of sp³-hybridized carbons (Fsp3) is 0.938. The first-order valence-corrected chi connectivity index (χ1v) is 7.94. The van der Waals surface area contributed by atoms with Gasteiger partial charge < -0.3 is 9.84 Å². The highest BCUT2D eigenvalue weighted by Gasteiger charge is 2.57. The van der Waals surface area contributed by atoms with Gasteiger partial charge in [0.15, 0.2) is 0 Å². The van der Waals surface area contributed by atoms with Crippen LogP contribution in [0.15, 0.2) is 0 Å². The predicted molar refractivity (Wildman–Crippen MR) is 75.1 cm³/mol. The quantitative estimate of drug-likeness (QED) is 0.795. The Morgan fingerprint density at radius 1 is 1.16 bits per heavy atom. The van der Waals surface area contributed by atoms with Crippen molar-refractivity contribution >= 4 is 5.97 Å². The van der Waals surface area contributed by atoms with Gasteiger partial charge in [0.05, 0.1) is 11.5 Å². The summed E-state index contributed by atoms with van der Waals surface area (Å²) in [5.74, 6) is 0.0380. The average Bonchev–Trinajstić information content (AvgIpc) is 3.08. The second kappa shape index (κ2) is 6.25. The molecular formula is C16H28O3. The van der Waals surface area contributed by atoms with Gasteiger partial charge in [0, 0.05) is 7.11 Å². The molecule has 3 nitrogen and oxygen atoms in total. The van der Waals surface area contributed by atoms with E-state index in [4.69, 9.17) is 4.74 Å². The highest BCUT2D eigenvalue weighted by atomic mass is 16.5. The number of carbonyl (C=O) groups is 1. The summed E-state index contributed by atoms with van der Waals surface area (Å²) in [6.45, 7) is 2.07. The van der Waals surface area contributed by atoms with Gasteiger partial charge in [0.1, 0.15) is 0 Å². The first kappa shape index (κ1) is 14.8. The van der Waals surface area contributed by atoms with Crippen LogP contribution < -0.4 is 0 Å². The van der Waals surface area contributed by atoms with E-state index in [1.165, 1.54) is 25.7 Å². The maximum absolute atomic E-state index is 12.3. The van der Waals surface area contributed by atoms with E-state index >= 15 is 0 Å². The zero-order valence-electron chi connectivity index (χ0n) is 12.4. The first-order chi connectivity index (χ1) is 9.17. The molecule has 0 amide bonds. The van der Waals surface area contributed by atoms with Crippen LogP contribution in [-0.2, 0) is 9.53 Å². The molecule has 2 aliphatic rings. The van der Waals surface area contributed by atoms with Crippen molar-refractivity contribution in [1.82, 2.24) is 0 Å². The van der Waals surface area contributed by atoms with E-state index in [-0.39, 0.29) is 6.10 Å². The number of aliphatic carboxylic acids is 1. The minimum Gasteiger partial charge on any atom is -0.481 e. The largest absolute Gasteiger partial charge is 0.481 e. The Balaban J connectivity index is 2.39. The molecule has 0 radical (unpaired) electrons. The smallest absolute Gasteiger partial charge is 0.312 e. The molecule has 2 saturated carbocycles. The van der Waals surface area contributed by atoms with Crippen molar-refractivity contribution < 1.29 is 14.6 Å². The molecule has 0 saturated heterocycles. The minimum atomic E-state index is -0.628. The monoisotopic (exact) mass is 268 g/mol. The molecule has 0 aliphatic heterocycles. The molecule has 19 heavy (non-hydrogen) atoms. The van der Waals surface area contributed by atoms with Crippen LogP contribution in [0.5, 0.6) is 0 Å². The Bertz CT molecular complexity index is 276. The van der Waals surface area contributed by atoms with Crippen molar-refractivity contribution in [1.29, 1.82) is 0 Å². The summed E-state index contributed by atoms with van der Waals surface area (Å²) in [6, 6.07) is 0. The molecule has 0 bridgehead atoms. The Hall–Kier alpha value is -0.570. The summed E-state index contributed by atoms with van der Waals surface area (Å²) in [4.78, 5) is 12.3. The lowest BCUT2D eigenvalue weighted by molar-refractivity contribution is -0.174. The van der Waals surface area contributed by atoms with Gasteiger partial charge in [-0.15, -0.1) is 0 Å². The van der Waals surface area contributed by atoms with E-state index in [1.54, 1.807) is 7.11 Å². The molecule has 0 aromatic rings. The van der Waals surface area contributed by atoms with Gasteiger partial charge in [-0.1, -0.05) is 32.6 Å². The van der Waals surface area contributed by atoms with Crippen LogP contribution in [0.3, 0.4) is 0 Å². The lowest BCUT2D eigenvalue weighted by atomic mass is 9.61. The Labute approximate surface area is 116 Å². The number of carboxylic acid groups (broad SMARTS) is 1. The number of methoxy groups -OCH3 is 1.